The van der Waals surface area contributed by atoms with Crippen LogP contribution in [0, 0.1) is 12.3 Å². The predicted octanol–water partition coefficient (Wildman–Crippen LogP) is 3.92. The molecule has 0 aromatic heterocycles. The van der Waals surface area contributed by atoms with E-state index in [0.717, 1.165) is 10.5 Å². The van der Waals surface area contributed by atoms with Crippen molar-refractivity contribution >= 4 is 17.6 Å². The van der Waals surface area contributed by atoms with E-state index in [-0.39, 0.29) is 5.84 Å². The SMILES string of the molecule is Cc1ccc(C(=N)N)c(Sc2ccc3c(c2)CCC3)c1. The van der Waals surface area contributed by atoms with Gasteiger partial charge in [0.1, 0.15) is 5.84 Å². The van der Waals surface area contributed by atoms with Crippen molar-refractivity contribution in [2.24, 2.45) is 5.73 Å². The van der Waals surface area contributed by atoms with Crippen LogP contribution in [0.3, 0.4) is 0 Å². The van der Waals surface area contributed by atoms with Crippen LogP contribution in [0.15, 0.2) is 46.2 Å². The van der Waals surface area contributed by atoms with Crippen molar-refractivity contribution in [3.8, 4) is 0 Å². The van der Waals surface area contributed by atoms with Gasteiger partial charge in [0.2, 0.25) is 0 Å². The first-order valence-corrected chi connectivity index (χ1v) is 7.70. The van der Waals surface area contributed by atoms with Gasteiger partial charge in [0.05, 0.1) is 0 Å². The largest absolute Gasteiger partial charge is 0.384 e. The molecule has 1 aliphatic carbocycles. The number of hydrogen-bond acceptors (Lipinski definition) is 2. The highest BCUT2D eigenvalue weighted by Gasteiger charge is 2.13. The number of aryl methyl sites for hydroxylation is 3. The lowest BCUT2D eigenvalue weighted by atomic mass is 10.1. The van der Waals surface area contributed by atoms with Crippen molar-refractivity contribution in [2.45, 2.75) is 36.0 Å². The molecule has 2 aromatic rings. The summed E-state index contributed by atoms with van der Waals surface area (Å²) in [7, 11) is 0. The van der Waals surface area contributed by atoms with Crippen molar-refractivity contribution in [3.05, 3.63) is 58.7 Å². The highest BCUT2D eigenvalue weighted by atomic mass is 32.2. The van der Waals surface area contributed by atoms with Gasteiger partial charge < -0.3 is 5.73 Å². The Morgan fingerprint density at radius 3 is 2.70 bits per heavy atom. The number of benzene rings is 2. The molecule has 3 N–H and O–H groups in total. The van der Waals surface area contributed by atoms with E-state index < -0.39 is 0 Å². The Hall–Kier alpha value is -1.74. The second-order valence-corrected chi connectivity index (χ2v) is 6.41. The van der Waals surface area contributed by atoms with Gasteiger partial charge in [-0.1, -0.05) is 23.9 Å². The molecular weight excluding hydrogens is 264 g/mol. The van der Waals surface area contributed by atoms with E-state index in [1.807, 2.05) is 12.1 Å². The zero-order chi connectivity index (χ0) is 14.1. The Labute approximate surface area is 123 Å². The Bertz CT molecular complexity index is 677. The summed E-state index contributed by atoms with van der Waals surface area (Å²) in [4.78, 5) is 2.30. The molecule has 0 heterocycles. The predicted molar refractivity (Wildman–Crippen MR) is 84.8 cm³/mol. The number of rotatable bonds is 3. The molecule has 0 spiro atoms. The van der Waals surface area contributed by atoms with Crippen LogP contribution in [-0.4, -0.2) is 5.84 Å². The van der Waals surface area contributed by atoms with E-state index in [2.05, 4.69) is 31.2 Å². The molecule has 0 atom stereocenters. The van der Waals surface area contributed by atoms with Gasteiger partial charge >= 0.3 is 0 Å². The van der Waals surface area contributed by atoms with Crippen LogP contribution in [0.4, 0.5) is 0 Å². The lowest BCUT2D eigenvalue weighted by Gasteiger charge is -2.10. The molecule has 3 heteroatoms. The fraction of sp³-hybridized carbons (Fsp3) is 0.235. The minimum Gasteiger partial charge on any atom is -0.384 e. The van der Waals surface area contributed by atoms with Crippen molar-refractivity contribution in [3.63, 3.8) is 0 Å². The van der Waals surface area contributed by atoms with Gasteiger partial charge in [0.15, 0.2) is 0 Å². The molecule has 0 saturated heterocycles. The van der Waals surface area contributed by atoms with E-state index >= 15 is 0 Å². The van der Waals surface area contributed by atoms with Gasteiger partial charge in [-0.2, -0.15) is 0 Å². The number of nitrogens with one attached hydrogen (secondary N) is 1. The Kier molecular flexibility index (Phi) is 3.53. The second-order valence-electron chi connectivity index (χ2n) is 5.30. The molecule has 3 rings (SSSR count). The van der Waals surface area contributed by atoms with Crippen LogP contribution in [0.5, 0.6) is 0 Å². The summed E-state index contributed by atoms with van der Waals surface area (Å²) in [5, 5.41) is 7.70. The summed E-state index contributed by atoms with van der Waals surface area (Å²) in [5.41, 5.74) is 10.7. The molecule has 2 aromatic carbocycles. The fourth-order valence-electron chi connectivity index (χ4n) is 2.68. The molecule has 1 aliphatic rings. The Balaban J connectivity index is 1.95. The number of nitrogens with two attached hydrogens (primary N) is 1. The summed E-state index contributed by atoms with van der Waals surface area (Å²) >= 11 is 1.70. The van der Waals surface area contributed by atoms with Crippen LogP contribution >= 0.6 is 11.8 Å². The van der Waals surface area contributed by atoms with Crippen LogP contribution in [-0.2, 0) is 12.8 Å². The zero-order valence-electron chi connectivity index (χ0n) is 11.6. The third-order valence-electron chi connectivity index (χ3n) is 3.73. The van der Waals surface area contributed by atoms with E-state index in [4.69, 9.17) is 11.1 Å². The average Bonchev–Trinajstić information content (AvgIpc) is 2.85. The molecule has 0 saturated carbocycles. The molecule has 2 nitrogen and oxygen atoms in total. The highest BCUT2D eigenvalue weighted by molar-refractivity contribution is 7.99. The number of fused-ring (bicyclic) bond motifs is 1. The minimum atomic E-state index is 0.133. The number of amidine groups is 1. The van der Waals surface area contributed by atoms with Crippen molar-refractivity contribution in [1.82, 2.24) is 0 Å². The molecule has 102 valence electrons. The van der Waals surface area contributed by atoms with Crippen molar-refractivity contribution < 1.29 is 0 Å². The maximum Gasteiger partial charge on any atom is 0.123 e. The van der Waals surface area contributed by atoms with Crippen LogP contribution in [0.25, 0.3) is 0 Å². The fourth-order valence-corrected chi connectivity index (χ4v) is 3.80. The molecule has 0 fully saturated rings. The summed E-state index contributed by atoms with van der Waals surface area (Å²) < 4.78 is 0. The van der Waals surface area contributed by atoms with Gasteiger partial charge in [-0.15, -0.1) is 0 Å². The number of nitrogen functional groups attached to an aromatic ring is 1. The summed E-state index contributed by atoms with van der Waals surface area (Å²) in [6.07, 6.45) is 3.67. The molecular formula is C17H18N2S. The average molecular weight is 282 g/mol. The highest BCUT2D eigenvalue weighted by Crippen LogP contribution is 2.34. The first-order valence-electron chi connectivity index (χ1n) is 6.88. The normalized spacial score (nSPS) is 13.2. The van der Waals surface area contributed by atoms with Gasteiger partial charge in [-0.05, 0) is 67.1 Å². The van der Waals surface area contributed by atoms with E-state index in [9.17, 15) is 0 Å². The smallest absolute Gasteiger partial charge is 0.123 e. The standard InChI is InChI=1S/C17H18N2S/c1-11-5-8-15(17(18)19)16(9-11)20-14-7-6-12-3-2-4-13(12)10-14/h5-10H,2-4H2,1H3,(H3,18,19). The lowest BCUT2D eigenvalue weighted by Crippen LogP contribution is -2.12. The zero-order valence-corrected chi connectivity index (χ0v) is 12.4. The Morgan fingerprint density at radius 2 is 1.90 bits per heavy atom. The van der Waals surface area contributed by atoms with Gasteiger partial charge in [0, 0.05) is 15.4 Å². The lowest BCUT2D eigenvalue weighted by molar-refractivity contribution is 0.911. The number of hydrogen-bond donors (Lipinski definition) is 2. The summed E-state index contributed by atoms with van der Waals surface area (Å²) in [5.74, 6) is 0.133. The Morgan fingerprint density at radius 1 is 1.10 bits per heavy atom. The van der Waals surface area contributed by atoms with Crippen LogP contribution < -0.4 is 5.73 Å². The van der Waals surface area contributed by atoms with E-state index in [0.29, 0.717) is 0 Å². The molecule has 0 aliphatic heterocycles. The van der Waals surface area contributed by atoms with E-state index in [1.165, 1.54) is 40.8 Å². The molecule has 0 unspecified atom stereocenters. The van der Waals surface area contributed by atoms with Crippen molar-refractivity contribution in [1.29, 1.82) is 5.41 Å². The maximum absolute atomic E-state index is 7.70. The van der Waals surface area contributed by atoms with Gasteiger partial charge in [0.25, 0.3) is 0 Å². The summed E-state index contributed by atoms with van der Waals surface area (Å²) in [6.45, 7) is 2.07. The topological polar surface area (TPSA) is 49.9 Å². The van der Waals surface area contributed by atoms with Crippen LogP contribution in [0.1, 0.15) is 28.7 Å². The monoisotopic (exact) mass is 282 g/mol. The van der Waals surface area contributed by atoms with Gasteiger partial charge in [-0.25, -0.2) is 0 Å². The molecule has 0 bridgehead atoms. The minimum absolute atomic E-state index is 0.133. The van der Waals surface area contributed by atoms with Crippen molar-refractivity contribution in [2.75, 3.05) is 0 Å². The van der Waals surface area contributed by atoms with Gasteiger partial charge in [-0.3, -0.25) is 5.41 Å². The first kappa shape index (κ1) is 13.3. The molecule has 20 heavy (non-hydrogen) atoms. The third kappa shape index (κ3) is 2.59. The maximum atomic E-state index is 7.70. The first-order chi connectivity index (χ1) is 9.63. The second kappa shape index (κ2) is 5.33. The quantitative estimate of drug-likeness (QED) is 0.662. The van der Waals surface area contributed by atoms with Crippen LogP contribution in [0.2, 0.25) is 0 Å². The summed E-state index contributed by atoms with van der Waals surface area (Å²) in [6, 6.07) is 12.8. The molecule has 0 radical (unpaired) electrons. The third-order valence-corrected chi connectivity index (χ3v) is 4.77. The van der Waals surface area contributed by atoms with E-state index in [1.54, 1.807) is 11.8 Å². The molecule has 0 amide bonds.